The fraction of sp³-hybridized carbons (Fsp3) is 0.500. The third-order valence-electron chi connectivity index (χ3n) is 3.41. The molecule has 17 heavy (non-hydrogen) atoms. The van der Waals surface area contributed by atoms with Gasteiger partial charge in [0.25, 0.3) is 0 Å². The number of Topliss-reactive ketones (excluding diaryl/α,β-unsaturated/α-hetero) is 1. The molecule has 0 aromatic heterocycles. The van der Waals surface area contributed by atoms with Gasteiger partial charge in [-0.3, -0.25) is 9.69 Å². The number of aryl methyl sites for hydroxylation is 2. The van der Waals surface area contributed by atoms with Crippen molar-refractivity contribution >= 4 is 5.78 Å². The van der Waals surface area contributed by atoms with Crippen molar-refractivity contribution in [3.05, 3.63) is 34.9 Å². The van der Waals surface area contributed by atoms with Gasteiger partial charge in [0.1, 0.15) is 0 Å². The first-order chi connectivity index (χ1) is 8.16. The van der Waals surface area contributed by atoms with Crippen LogP contribution in [0.1, 0.15) is 21.5 Å². The normalized spacial score (nSPS) is 17.1. The number of hydrogen-bond donors (Lipinski definition) is 1. The number of benzene rings is 1. The molecule has 1 saturated heterocycles. The molecule has 1 N–H and O–H groups in total. The van der Waals surface area contributed by atoms with Crippen LogP contribution in [0.15, 0.2) is 18.2 Å². The van der Waals surface area contributed by atoms with Crippen LogP contribution >= 0.6 is 0 Å². The van der Waals surface area contributed by atoms with Crippen molar-refractivity contribution in [2.24, 2.45) is 0 Å². The van der Waals surface area contributed by atoms with Crippen LogP contribution in [0, 0.1) is 13.8 Å². The predicted octanol–water partition coefficient (Wildman–Crippen LogP) is 1.39. The summed E-state index contributed by atoms with van der Waals surface area (Å²) in [6.45, 7) is 8.58. The number of ketones is 1. The van der Waals surface area contributed by atoms with Crippen LogP contribution in [0.2, 0.25) is 0 Å². The fourth-order valence-electron chi connectivity index (χ4n) is 2.08. The summed E-state index contributed by atoms with van der Waals surface area (Å²) in [5, 5.41) is 3.29. The number of hydrogen-bond acceptors (Lipinski definition) is 3. The number of rotatable bonds is 3. The molecule has 92 valence electrons. The SMILES string of the molecule is Cc1ccc(C(=O)CN2CCNCC2)cc1C. The Kier molecular flexibility index (Phi) is 3.92. The third kappa shape index (κ3) is 3.14. The zero-order valence-electron chi connectivity index (χ0n) is 10.6. The molecule has 1 aromatic rings. The highest BCUT2D eigenvalue weighted by molar-refractivity contribution is 5.97. The maximum Gasteiger partial charge on any atom is 0.176 e. The van der Waals surface area contributed by atoms with Crippen LogP contribution in [0.3, 0.4) is 0 Å². The molecular weight excluding hydrogens is 212 g/mol. The summed E-state index contributed by atoms with van der Waals surface area (Å²) < 4.78 is 0. The van der Waals surface area contributed by atoms with Crippen molar-refractivity contribution in [2.75, 3.05) is 32.7 Å². The van der Waals surface area contributed by atoms with Crippen molar-refractivity contribution in [1.82, 2.24) is 10.2 Å². The molecule has 1 fully saturated rings. The summed E-state index contributed by atoms with van der Waals surface area (Å²) in [4.78, 5) is 14.3. The van der Waals surface area contributed by atoms with E-state index in [1.165, 1.54) is 11.1 Å². The summed E-state index contributed by atoms with van der Waals surface area (Å²) in [6, 6.07) is 5.97. The number of piperazine rings is 1. The molecular formula is C14H20N2O. The number of carbonyl (C=O) groups is 1. The molecule has 0 spiro atoms. The van der Waals surface area contributed by atoms with E-state index < -0.39 is 0 Å². The van der Waals surface area contributed by atoms with E-state index in [-0.39, 0.29) is 5.78 Å². The van der Waals surface area contributed by atoms with E-state index in [9.17, 15) is 4.79 Å². The Morgan fingerprint density at radius 3 is 2.59 bits per heavy atom. The third-order valence-corrected chi connectivity index (χ3v) is 3.41. The van der Waals surface area contributed by atoms with Crippen molar-refractivity contribution in [1.29, 1.82) is 0 Å². The predicted molar refractivity (Wildman–Crippen MR) is 69.6 cm³/mol. The van der Waals surface area contributed by atoms with Gasteiger partial charge in [-0.1, -0.05) is 12.1 Å². The van der Waals surface area contributed by atoms with Gasteiger partial charge in [-0.25, -0.2) is 0 Å². The standard InChI is InChI=1S/C14H20N2O/c1-11-3-4-13(9-12(11)2)14(17)10-16-7-5-15-6-8-16/h3-4,9,15H,5-8,10H2,1-2H3. The first kappa shape index (κ1) is 12.3. The number of carbonyl (C=O) groups excluding carboxylic acids is 1. The highest BCUT2D eigenvalue weighted by atomic mass is 16.1. The minimum atomic E-state index is 0.231. The molecule has 2 rings (SSSR count). The lowest BCUT2D eigenvalue weighted by molar-refractivity contribution is 0.0921. The molecule has 0 atom stereocenters. The van der Waals surface area contributed by atoms with Crippen LogP contribution in [-0.2, 0) is 0 Å². The molecule has 0 aliphatic carbocycles. The van der Waals surface area contributed by atoms with Gasteiger partial charge in [0.05, 0.1) is 6.54 Å². The van der Waals surface area contributed by atoms with Gasteiger partial charge in [0.2, 0.25) is 0 Å². The molecule has 1 heterocycles. The van der Waals surface area contributed by atoms with Gasteiger partial charge in [0, 0.05) is 31.7 Å². The van der Waals surface area contributed by atoms with Gasteiger partial charge in [-0.2, -0.15) is 0 Å². The summed E-state index contributed by atoms with van der Waals surface area (Å²) >= 11 is 0. The van der Waals surface area contributed by atoms with Gasteiger partial charge in [-0.15, -0.1) is 0 Å². The molecule has 0 radical (unpaired) electrons. The fourth-order valence-corrected chi connectivity index (χ4v) is 2.08. The minimum absolute atomic E-state index is 0.231. The molecule has 1 aliphatic rings. The average molecular weight is 232 g/mol. The van der Waals surface area contributed by atoms with E-state index in [4.69, 9.17) is 0 Å². The van der Waals surface area contributed by atoms with Crippen LogP contribution in [0.25, 0.3) is 0 Å². The highest BCUT2D eigenvalue weighted by Gasteiger charge is 2.14. The zero-order valence-corrected chi connectivity index (χ0v) is 10.6. The van der Waals surface area contributed by atoms with E-state index in [1.54, 1.807) is 0 Å². The van der Waals surface area contributed by atoms with Crippen molar-refractivity contribution in [3.63, 3.8) is 0 Å². The monoisotopic (exact) mass is 232 g/mol. The van der Waals surface area contributed by atoms with Gasteiger partial charge in [-0.05, 0) is 31.0 Å². The molecule has 0 saturated carbocycles. The van der Waals surface area contributed by atoms with Gasteiger partial charge < -0.3 is 5.32 Å². The van der Waals surface area contributed by atoms with Gasteiger partial charge in [0.15, 0.2) is 5.78 Å². The molecule has 3 heteroatoms. The largest absolute Gasteiger partial charge is 0.314 e. The van der Waals surface area contributed by atoms with E-state index in [1.807, 2.05) is 18.2 Å². The quantitative estimate of drug-likeness (QED) is 0.799. The van der Waals surface area contributed by atoms with E-state index >= 15 is 0 Å². The second-order valence-corrected chi connectivity index (χ2v) is 4.75. The molecule has 0 bridgehead atoms. The average Bonchev–Trinajstić information content (AvgIpc) is 2.34. The van der Waals surface area contributed by atoms with E-state index in [0.717, 1.165) is 31.7 Å². The molecule has 0 unspecified atom stereocenters. The maximum atomic E-state index is 12.1. The van der Waals surface area contributed by atoms with Crippen LogP contribution < -0.4 is 5.32 Å². The smallest absolute Gasteiger partial charge is 0.176 e. The van der Waals surface area contributed by atoms with E-state index in [0.29, 0.717) is 6.54 Å². The lowest BCUT2D eigenvalue weighted by Crippen LogP contribution is -2.45. The lowest BCUT2D eigenvalue weighted by atomic mass is 10.0. The first-order valence-corrected chi connectivity index (χ1v) is 6.20. The molecule has 3 nitrogen and oxygen atoms in total. The Labute approximate surface area is 103 Å². The Balaban J connectivity index is 2.01. The van der Waals surface area contributed by atoms with Crippen molar-refractivity contribution < 1.29 is 4.79 Å². The van der Waals surface area contributed by atoms with Crippen molar-refractivity contribution in [2.45, 2.75) is 13.8 Å². The second kappa shape index (κ2) is 5.43. The zero-order chi connectivity index (χ0) is 12.3. The highest BCUT2D eigenvalue weighted by Crippen LogP contribution is 2.11. The topological polar surface area (TPSA) is 32.3 Å². The second-order valence-electron chi connectivity index (χ2n) is 4.75. The summed E-state index contributed by atoms with van der Waals surface area (Å²) in [7, 11) is 0. The minimum Gasteiger partial charge on any atom is -0.314 e. The Morgan fingerprint density at radius 1 is 1.24 bits per heavy atom. The Bertz CT molecular complexity index is 409. The Hall–Kier alpha value is -1.19. The lowest BCUT2D eigenvalue weighted by Gasteiger charge is -2.26. The van der Waals surface area contributed by atoms with Crippen LogP contribution in [0.4, 0.5) is 0 Å². The van der Waals surface area contributed by atoms with Crippen molar-refractivity contribution in [3.8, 4) is 0 Å². The molecule has 0 amide bonds. The summed E-state index contributed by atoms with van der Waals surface area (Å²) in [5.74, 6) is 0.231. The van der Waals surface area contributed by atoms with E-state index in [2.05, 4.69) is 24.1 Å². The first-order valence-electron chi connectivity index (χ1n) is 6.20. The molecule has 1 aliphatic heterocycles. The summed E-state index contributed by atoms with van der Waals surface area (Å²) in [5.41, 5.74) is 3.27. The van der Waals surface area contributed by atoms with Crippen LogP contribution in [-0.4, -0.2) is 43.4 Å². The van der Waals surface area contributed by atoms with Gasteiger partial charge >= 0.3 is 0 Å². The molecule has 1 aromatic carbocycles. The van der Waals surface area contributed by atoms with Crippen LogP contribution in [0.5, 0.6) is 0 Å². The Morgan fingerprint density at radius 2 is 1.94 bits per heavy atom. The number of nitrogens with zero attached hydrogens (tertiary/aromatic N) is 1. The summed E-state index contributed by atoms with van der Waals surface area (Å²) in [6.07, 6.45) is 0. The number of nitrogens with one attached hydrogen (secondary N) is 1. The maximum absolute atomic E-state index is 12.1.